The highest BCUT2D eigenvalue weighted by atomic mass is 35.5. The zero-order valence-corrected chi connectivity index (χ0v) is 8.88. The molecule has 4 heteroatoms. The van der Waals surface area contributed by atoms with E-state index < -0.39 is 5.97 Å². The van der Waals surface area contributed by atoms with Crippen LogP contribution >= 0.6 is 11.6 Å². The number of benzene rings is 1. The molecule has 0 aliphatic heterocycles. The van der Waals surface area contributed by atoms with Crippen LogP contribution in [-0.4, -0.2) is 19.7 Å². The number of carbonyl (C=O) groups excluding carboxylic acids is 1. The number of ether oxygens (including phenoxy) is 2. The Balaban J connectivity index is 2.89. The lowest BCUT2D eigenvalue weighted by molar-refractivity contribution is 0.0600. The van der Waals surface area contributed by atoms with Crippen LogP contribution < -0.4 is 4.74 Å². The van der Waals surface area contributed by atoms with Gasteiger partial charge in [0.25, 0.3) is 0 Å². The first-order valence-electron chi connectivity index (χ1n) is 4.13. The number of esters is 1. The van der Waals surface area contributed by atoms with Gasteiger partial charge in [0.1, 0.15) is 12.4 Å². The van der Waals surface area contributed by atoms with E-state index >= 15 is 0 Å². The summed E-state index contributed by atoms with van der Waals surface area (Å²) in [6, 6.07) is 4.61. The van der Waals surface area contributed by atoms with Gasteiger partial charge in [-0.05, 0) is 18.2 Å². The maximum absolute atomic E-state index is 11.1. The topological polar surface area (TPSA) is 35.5 Å². The third kappa shape index (κ3) is 2.90. The molecule has 1 aromatic carbocycles. The lowest BCUT2D eigenvalue weighted by Gasteiger charge is -2.06. The summed E-state index contributed by atoms with van der Waals surface area (Å²) in [4.78, 5) is 11.1. The van der Waals surface area contributed by atoms with Gasteiger partial charge in [-0.3, -0.25) is 0 Å². The minimum Gasteiger partial charge on any atom is -0.479 e. The Morgan fingerprint density at radius 2 is 2.33 bits per heavy atom. The van der Waals surface area contributed by atoms with Gasteiger partial charge in [0, 0.05) is 0 Å². The summed E-state index contributed by atoms with van der Waals surface area (Å²) in [7, 11) is 1.30. The highest BCUT2D eigenvalue weighted by Crippen LogP contribution is 2.25. The zero-order valence-electron chi connectivity index (χ0n) is 8.12. The molecular weight excluding hydrogens is 216 g/mol. The van der Waals surface area contributed by atoms with E-state index in [9.17, 15) is 4.79 Å². The summed E-state index contributed by atoms with van der Waals surface area (Å²) in [6.07, 6.45) is 5.03. The van der Waals surface area contributed by atoms with Gasteiger partial charge in [-0.15, -0.1) is 6.42 Å². The van der Waals surface area contributed by atoms with Crippen molar-refractivity contribution >= 4 is 17.6 Å². The second-order valence-electron chi connectivity index (χ2n) is 2.63. The van der Waals surface area contributed by atoms with E-state index in [1.54, 1.807) is 12.1 Å². The number of rotatable bonds is 3. The normalized spacial score (nSPS) is 9.13. The van der Waals surface area contributed by atoms with Gasteiger partial charge in [0.05, 0.1) is 17.7 Å². The highest BCUT2D eigenvalue weighted by Gasteiger charge is 2.08. The molecule has 3 nitrogen and oxygen atoms in total. The molecule has 0 aromatic heterocycles. The molecule has 0 aliphatic rings. The molecule has 78 valence electrons. The second-order valence-corrected chi connectivity index (χ2v) is 3.04. The van der Waals surface area contributed by atoms with Gasteiger partial charge in [-0.2, -0.15) is 0 Å². The summed E-state index contributed by atoms with van der Waals surface area (Å²) in [5, 5.41) is 0.327. The Kier molecular flexibility index (Phi) is 4.02. The van der Waals surface area contributed by atoms with E-state index in [1.165, 1.54) is 13.2 Å². The lowest BCUT2D eigenvalue weighted by atomic mass is 10.2. The Morgan fingerprint density at radius 3 is 2.87 bits per heavy atom. The lowest BCUT2D eigenvalue weighted by Crippen LogP contribution is -2.01. The number of terminal acetylenes is 1. The Morgan fingerprint density at radius 1 is 1.60 bits per heavy atom. The predicted octanol–water partition coefficient (Wildman–Crippen LogP) is 2.14. The largest absolute Gasteiger partial charge is 0.479 e. The minimum atomic E-state index is -0.444. The van der Waals surface area contributed by atoms with Crippen LogP contribution in [0.1, 0.15) is 10.4 Å². The summed E-state index contributed by atoms with van der Waals surface area (Å²) in [6.45, 7) is 0.136. The SMILES string of the molecule is C#CCOc1ccc(C(=O)OC)cc1Cl. The molecule has 1 aromatic rings. The standard InChI is InChI=1S/C11H9ClO3/c1-3-6-15-10-5-4-8(7-9(10)12)11(13)14-2/h1,4-5,7H,6H2,2H3. The van der Waals surface area contributed by atoms with Crippen LogP contribution in [0.4, 0.5) is 0 Å². The van der Waals surface area contributed by atoms with Gasteiger partial charge < -0.3 is 9.47 Å². The van der Waals surface area contributed by atoms with Crippen molar-refractivity contribution in [2.45, 2.75) is 0 Å². The summed E-state index contributed by atoms with van der Waals surface area (Å²) < 4.78 is 9.68. The van der Waals surface area contributed by atoms with Crippen molar-refractivity contribution in [3.8, 4) is 18.1 Å². The Bertz CT molecular complexity index is 407. The molecule has 0 N–H and O–H groups in total. The molecule has 0 atom stereocenters. The van der Waals surface area contributed by atoms with Crippen LogP contribution in [0.2, 0.25) is 5.02 Å². The van der Waals surface area contributed by atoms with Gasteiger partial charge >= 0.3 is 5.97 Å². The fraction of sp³-hybridized carbons (Fsp3) is 0.182. The van der Waals surface area contributed by atoms with Crippen molar-refractivity contribution in [1.29, 1.82) is 0 Å². The molecular formula is C11H9ClO3. The molecule has 15 heavy (non-hydrogen) atoms. The first kappa shape index (κ1) is 11.4. The summed E-state index contributed by atoms with van der Waals surface area (Å²) in [5.74, 6) is 2.32. The fourth-order valence-corrected chi connectivity index (χ4v) is 1.22. The third-order valence-electron chi connectivity index (χ3n) is 1.66. The van der Waals surface area contributed by atoms with Gasteiger partial charge in [-0.25, -0.2) is 4.79 Å². The van der Waals surface area contributed by atoms with Crippen LogP contribution in [0.25, 0.3) is 0 Å². The van der Waals surface area contributed by atoms with E-state index in [0.717, 1.165) is 0 Å². The molecule has 0 fully saturated rings. The van der Waals surface area contributed by atoms with Crippen LogP contribution in [0.3, 0.4) is 0 Å². The maximum atomic E-state index is 11.1. The molecule has 0 radical (unpaired) electrons. The van der Waals surface area contributed by atoms with Crippen LogP contribution in [0, 0.1) is 12.3 Å². The van der Waals surface area contributed by atoms with Crippen molar-refractivity contribution < 1.29 is 14.3 Å². The molecule has 0 spiro atoms. The fourth-order valence-electron chi connectivity index (χ4n) is 0.982. The minimum absolute atomic E-state index is 0.136. The molecule has 1 rings (SSSR count). The Labute approximate surface area is 92.9 Å². The second kappa shape index (κ2) is 5.28. The van der Waals surface area contributed by atoms with Crippen LogP contribution in [0.5, 0.6) is 5.75 Å². The number of hydrogen-bond donors (Lipinski definition) is 0. The van der Waals surface area contributed by atoms with Crippen molar-refractivity contribution in [2.24, 2.45) is 0 Å². The van der Waals surface area contributed by atoms with Crippen molar-refractivity contribution in [3.05, 3.63) is 28.8 Å². The molecule has 0 saturated carbocycles. The van der Waals surface area contributed by atoms with Gasteiger partial charge in [-0.1, -0.05) is 17.5 Å². The van der Waals surface area contributed by atoms with E-state index in [4.69, 9.17) is 22.8 Å². The van der Waals surface area contributed by atoms with Crippen molar-refractivity contribution in [2.75, 3.05) is 13.7 Å². The number of hydrogen-bond acceptors (Lipinski definition) is 3. The van der Waals surface area contributed by atoms with Gasteiger partial charge in [0.2, 0.25) is 0 Å². The van der Waals surface area contributed by atoms with E-state index in [-0.39, 0.29) is 6.61 Å². The van der Waals surface area contributed by atoms with Crippen LogP contribution in [0.15, 0.2) is 18.2 Å². The van der Waals surface area contributed by atoms with Crippen LogP contribution in [-0.2, 0) is 4.74 Å². The first-order valence-corrected chi connectivity index (χ1v) is 4.51. The molecule has 0 amide bonds. The number of carbonyl (C=O) groups is 1. The average Bonchev–Trinajstić information content (AvgIpc) is 2.26. The molecule has 0 aliphatic carbocycles. The molecule has 0 bridgehead atoms. The highest BCUT2D eigenvalue weighted by molar-refractivity contribution is 6.32. The third-order valence-corrected chi connectivity index (χ3v) is 1.96. The summed E-state index contributed by atoms with van der Waals surface area (Å²) in [5.41, 5.74) is 0.371. The van der Waals surface area contributed by atoms with E-state index in [1.807, 2.05) is 0 Å². The zero-order chi connectivity index (χ0) is 11.3. The number of halogens is 1. The van der Waals surface area contributed by atoms with Crippen molar-refractivity contribution in [1.82, 2.24) is 0 Å². The quantitative estimate of drug-likeness (QED) is 0.583. The maximum Gasteiger partial charge on any atom is 0.337 e. The predicted molar refractivity (Wildman–Crippen MR) is 57.1 cm³/mol. The van der Waals surface area contributed by atoms with E-state index in [2.05, 4.69) is 10.7 Å². The van der Waals surface area contributed by atoms with Crippen molar-refractivity contribution in [3.63, 3.8) is 0 Å². The first-order chi connectivity index (χ1) is 7.19. The monoisotopic (exact) mass is 224 g/mol. The average molecular weight is 225 g/mol. The molecule has 0 heterocycles. The molecule has 0 unspecified atom stereocenters. The van der Waals surface area contributed by atoms with Gasteiger partial charge in [0.15, 0.2) is 0 Å². The number of methoxy groups -OCH3 is 1. The smallest absolute Gasteiger partial charge is 0.337 e. The van der Waals surface area contributed by atoms with E-state index in [0.29, 0.717) is 16.3 Å². The molecule has 0 saturated heterocycles. The Hall–Kier alpha value is -1.66. The summed E-state index contributed by atoms with van der Waals surface area (Å²) >= 11 is 5.86.